The minimum atomic E-state index is 0. The van der Waals surface area contributed by atoms with Gasteiger partial charge in [0, 0.05) is 0 Å². The molecule has 23 heavy (non-hydrogen) atoms. The molecule has 0 heterocycles. The molecule has 0 saturated carbocycles. The van der Waals surface area contributed by atoms with Gasteiger partial charge in [0.05, 0.1) is 0 Å². The van der Waals surface area contributed by atoms with Crippen molar-refractivity contribution in [1.82, 2.24) is 0 Å². The van der Waals surface area contributed by atoms with Crippen molar-refractivity contribution in [3.63, 3.8) is 0 Å². The summed E-state index contributed by atoms with van der Waals surface area (Å²) in [6.45, 7) is 4.48. The van der Waals surface area contributed by atoms with Gasteiger partial charge in [-0.05, 0) is 0 Å². The van der Waals surface area contributed by atoms with Crippen molar-refractivity contribution in [2.45, 2.75) is 24.5 Å². The van der Waals surface area contributed by atoms with Gasteiger partial charge < -0.3 is 24.8 Å². The van der Waals surface area contributed by atoms with Crippen LogP contribution < -0.4 is 24.8 Å². The van der Waals surface area contributed by atoms with Crippen LogP contribution in [0.5, 0.6) is 0 Å². The van der Waals surface area contributed by atoms with Crippen LogP contribution in [0.3, 0.4) is 0 Å². The molecule has 4 rings (SSSR count). The van der Waals surface area contributed by atoms with E-state index in [2.05, 4.69) is 82.8 Å². The molecular formula is C20H17Cl2Ti. The molecule has 0 radical (unpaired) electrons. The number of rotatable bonds is 1. The van der Waals surface area contributed by atoms with Crippen molar-refractivity contribution in [3.8, 4) is 11.1 Å². The van der Waals surface area contributed by atoms with Gasteiger partial charge in [0.2, 0.25) is 0 Å². The molecule has 115 valence electrons. The Morgan fingerprint density at radius 3 is 2.39 bits per heavy atom. The molecule has 2 aliphatic rings. The Bertz CT molecular complexity index is 819. The van der Waals surface area contributed by atoms with E-state index in [4.69, 9.17) is 0 Å². The molecule has 0 spiro atoms. The van der Waals surface area contributed by atoms with Gasteiger partial charge in [-0.2, -0.15) is 0 Å². The third-order valence-electron chi connectivity index (χ3n) is 4.72. The van der Waals surface area contributed by atoms with Gasteiger partial charge in [-0.25, -0.2) is 0 Å². The minimum absolute atomic E-state index is 0. The first-order valence-corrected chi connectivity index (χ1v) is 8.39. The van der Waals surface area contributed by atoms with E-state index in [1.54, 1.807) is 0 Å². The van der Waals surface area contributed by atoms with Crippen molar-refractivity contribution in [2.75, 3.05) is 0 Å². The average Bonchev–Trinajstić information content (AvgIpc) is 3.08. The average molecular weight is 376 g/mol. The van der Waals surface area contributed by atoms with Crippen LogP contribution in [0.25, 0.3) is 16.7 Å². The van der Waals surface area contributed by atoms with Gasteiger partial charge in [-0.15, -0.1) is 0 Å². The Morgan fingerprint density at radius 1 is 0.957 bits per heavy atom. The Balaban J connectivity index is 0.000000960. The summed E-state index contributed by atoms with van der Waals surface area (Å²) in [4.78, 5) is 0. The number of hydrogen-bond donors (Lipinski definition) is 0. The van der Waals surface area contributed by atoms with E-state index in [-0.39, 0.29) is 24.8 Å². The molecule has 0 N–H and O–H groups in total. The molecule has 0 nitrogen and oxygen atoms in total. The van der Waals surface area contributed by atoms with Crippen LogP contribution in [-0.4, -0.2) is 0 Å². The topological polar surface area (TPSA) is 0 Å². The summed E-state index contributed by atoms with van der Waals surface area (Å²) in [5.41, 5.74) is 11.7. The molecule has 0 aliphatic heterocycles. The molecule has 3 heteroatoms. The monoisotopic (exact) mass is 375 g/mol. The zero-order chi connectivity index (χ0) is 14.6. The fourth-order valence-electron chi connectivity index (χ4n) is 3.76. The Morgan fingerprint density at radius 2 is 1.70 bits per heavy atom. The van der Waals surface area contributed by atoms with Crippen molar-refractivity contribution in [1.29, 1.82) is 0 Å². The molecule has 1 atom stereocenters. The second kappa shape index (κ2) is 6.99. The van der Waals surface area contributed by atoms with Gasteiger partial charge in [-0.1, -0.05) is 0 Å². The molecule has 2 aromatic rings. The quantitative estimate of drug-likeness (QED) is 0.576. The molecular weight excluding hydrogens is 359 g/mol. The minimum Gasteiger partial charge on any atom is -1.00 e. The first-order chi connectivity index (χ1) is 10.2. The normalized spacial score (nSPS) is 17.0. The van der Waals surface area contributed by atoms with Crippen molar-refractivity contribution in [3.05, 3.63) is 76.4 Å². The maximum absolute atomic E-state index is 2.36. The van der Waals surface area contributed by atoms with Gasteiger partial charge in [0.15, 0.2) is 0 Å². The molecule has 2 aromatic carbocycles. The van der Waals surface area contributed by atoms with Gasteiger partial charge in [-0.3, -0.25) is 0 Å². The smallest absolute Gasteiger partial charge is 1.00 e. The molecule has 0 saturated heterocycles. The Labute approximate surface area is 162 Å². The fraction of sp³-hybridized carbons (Fsp3) is 0.200. The standard InChI is InChI=1S/C20H17.2ClH.Ti/c1-13-6-5-9-16-12-18-17(20(13)16)11-10-14(2)19(18)15-7-3-4-8-15;;;/h3-7,9-12H,8H2,1-2H3;2*1H;/q;;;+2/p-2. The van der Waals surface area contributed by atoms with Crippen LogP contribution in [0, 0.1) is 13.8 Å². The maximum Gasteiger partial charge on any atom is -1.00 e. The van der Waals surface area contributed by atoms with Crippen LogP contribution >= 0.6 is 0 Å². The first-order valence-electron chi connectivity index (χ1n) is 7.49. The molecule has 0 bridgehead atoms. The van der Waals surface area contributed by atoms with E-state index < -0.39 is 0 Å². The van der Waals surface area contributed by atoms with E-state index >= 15 is 0 Å². The Hall–Kier alpha value is -0.786. The van der Waals surface area contributed by atoms with E-state index in [1.807, 2.05) is 0 Å². The van der Waals surface area contributed by atoms with Crippen LogP contribution in [-0.2, 0) is 20.4 Å². The van der Waals surface area contributed by atoms with Gasteiger partial charge in [0.25, 0.3) is 0 Å². The molecule has 0 amide bonds. The predicted octanol–water partition coefficient (Wildman–Crippen LogP) is -0.729. The van der Waals surface area contributed by atoms with Crippen molar-refractivity contribution < 1.29 is 45.2 Å². The zero-order valence-electron chi connectivity index (χ0n) is 13.2. The van der Waals surface area contributed by atoms with Crippen LogP contribution in [0.2, 0.25) is 0 Å². The second-order valence-electron chi connectivity index (χ2n) is 6.02. The third-order valence-corrected chi connectivity index (χ3v) is 5.66. The summed E-state index contributed by atoms with van der Waals surface area (Å²) in [6.07, 6.45) is 7.79. The van der Waals surface area contributed by atoms with E-state index in [9.17, 15) is 0 Å². The van der Waals surface area contributed by atoms with E-state index in [0.29, 0.717) is 4.22 Å². The summed E-state index contributed by atoms with van der Waals surface area (Å²) in [6, 6.07) is 11.3. The number of fused-ring (bicyclic) bond motifs is 3. The number of hydrogen-bond acceptors (Lipinski definition) is 0. The molecule has 0 aromatic heterocycles. The molecule has 0 fully saturated rings. The molecule has 2 aliphatic carbocycles. The third kappa shape index (κ3) is 2.77. The van der Waals surface area contributed by atoms with E-state index in [0.717, 1.165) is 6.42 Å². The van der Waals surface area contributed by atoms with Gasteiger partial charge >= 0.3 is 138 Å². The Kier molecular flexibility index (Phi) is 5.64. The SMILES string of the molecule is Cc1ccc2c(c1C1=CC=CC1)[CH]([Ti+2])c1cccc(C)c1-2.[Cl-].[Cl-]. The number of benzene rings is 2. The predicted molar refractivity (Wildman–Crippen MR) is 84.9 cm³/mol. The number of allylic oxidation sites excluding steroid dienone is 4. The van der Waals surface area contributed by atoms with Crippen LogP contribution in [0.15, 0.2) is 48.6 Å². The van der Waals surface area contributed by atoms with Crippen molar-refractivity contribution >= 4 is 5.57 Å². The maximum atomic E-state index is 2.36. The number of halogens is 2. The van der Waals surface area contributed by atoms with Crippen LogP contribution in [0.1, 0.15) is 38.5 Å². The van der Waals surface area contributed by atoms with Crippen molar-refractivity contribution in [2.24, 2.45) is 0 Å². The second-order valence-corrected chi connectivity index (χ2v) is 6.92. The molecule has 1 unspecified atom stereocenters. The largest absolute Gasteiger partial charge is 1.00 e. The summed E-state index contributed by atoms with van der Waals surface area (Å²) in [7, 11) is 0. The number of aryl methyl sites for hydroxylation is 2. The van der Waals surface area contributed by atoms with E-state index in [1.165, 1.54) is 44.5 Å². The summed E-state index contributed by atoms with van der Waals surface area (Å²) < 4.78 is 0.492. The summed E-state index contributed by atoms with van der Waals surface area (Å²) >= 11 is 2.36. The summed E-state index contributed by atoms with van der Waals surface area (Å²) in [5.74, 6) is 0. The van der Waals surface area contributed by atoms with Gasteiger partial charge in [0.1, 0.15) is 0 Å². The summed E-state index contributed by atoms with van der Waals surface area (Å²) in [5, 5.41) is 0. The zero-order valence-corrected chi connectivity index (χ0v) is 16.2. The fourth-order valence-corrected chi connectivity index (χ4v) is 4.60. The first kappa shape index (κ1) is 18.6. The van der Waals surface area contributed by atoms with Crippen LogP contribution in [0.4, 0.5) is 0 Å².